The molecular formula is C14H18O2S. The van der Waals surface area contributed by atoms with Crippen molar-refractivity contribution >= 4 is 21.4 Å². The van der Waals surface area contributed by atoms with Crippen LogP contribution in [0.1, 0.15) is 24.6 Å². The highest BCUT2D eigenvalue weighted by molar-refractivity contribution is 7.19. The molecule has 0 aliphatic rings. The van der Waals surface area contributed by atoms with Crippen LogP contribution in [0.15, 0.2) is 30.3 Å². The molecule has 0 aliphatic carbocycles. The molecule has 92 valence electrons. The molecular weight excluding hydrogens is 232 g/mol. The number of aliphatic hydroxyl groups is 1. The van der Waals surface area contributed by atoms with Crippen LogP contribution in [0.25, 0.3) is 10.1 Å². The van der Waals surface area contributed by atoms with E-state index in [1.54, 1.807) is 18.4 Å². The van der Waals surface area contributed by atoms with E-state index in [0.29, 0.717) is 6.61 Å². The maximum absolute atomic E-state index is 10.5. The van der Waals surface area contributed by atoms with Gasteiger partial charge < -0.3 is 9.84 Å². The average molecular weight is 250 g/mol. The SMILES string of the molecule is COCCCC(C)(O)c1cc2ccccc2s1. The van der Waals surface area contributed by atoms with Gasteiger partial charge in [0.1, 0.15) is 0 Å². The molecule has 0 amide bonds. The Labute approximate surface area is 106 Å². The van der Waals surface area contributed by atoms with Crippen molar-refractivity contribution < 1.29 is 9.84 Å². The second-order valence-electron chi connectivity index (χ2n) is 4.52. The summed E-state index contributed by atoms with van der Waals surface area (Å²) in [6.07, 6.45) is 1.60. The summed E-state index contributed by atoms with van der Waals surface area (Å²) in [5.74, 6) is 0. The van der Waals surface area contributed by atoms with Crippen LogP contribution in [-0.2, 0) is 10.3 Å². The van der Waals surface area contributed by atoms with E-state index in [0.717, 1.165) is 17.7 Å². The summed E-state index contributed by atoms with van der Waals surface area (Å²) in [6.45, 7) is 2.58. The van der Waals surface area contributed by atoms with Crippen LogP contribution >= 0.6 is 11.3 Å². The lowest BCUT2D eigenvalue weighted by atomic mass is 9.98. The highest BCUT2D eigenvalue weighted by Gasteiger charge is 2.24. The molecule has 2 aromatic rings. The maximum Gasteiger partial charge on any atom is 0.0961 e. The van der Waals surface area contributed by atoms with Gasteiger partial charge in [0.2, 0.25) is 0 Å². The van der Waals surface area contributed by atoms with E-state index in [1.807, 2.05) is 19.1 Å². The average Bonchev–Trinajstić information content (AvgIpc) is 2.73. The number of ether oxygens (including phenoxy) is 1. The Morgan fingerprint density at radius 2 is 2.12 bits per heavy atom. The summed E-state index contributed by atoms with van der Waals surface area (Å²) in [5.41, 5.74) is -0.748. The van der Waals surface area contributed by atoms with Crippen molar-refractivity contribution in [2.75, 3.05) is 13.7 Å². The molecule has 2 rings (SSSR count). The minimum absolute atomic E-state index is 0.695. The van der Waals surface area contributed by atoms with Gasteiger partial charge in [0.15, 0.2) is 0 Å². The zero-order valence-corrected chi connectivity index (χ0v) is 11.1. The summed E-state index contributed by atoms with van der Waals surface area (Å²) < 4.78 is 6.26. The van der Waals surface area contributed by atoms with Crippen molar-refractivity contribution in [2.24, 2.45) is 0 Å². The van der Waals surface area contributed by atoms with E-state index in [4.69, 9.17) is 4.74 Å². The molecule has 1 aromatic heterocycles. The number of methoxy groups -OCH3 is 1. The molecule has 1 aromatic carbocycles. The quantitative estimate of drug-likeness (QED) is 0.822. The van der Waals surface area contributed by atoms with Crippen molar-refractivity contribution in [1.82, 2.24) is 0 Å². The summed E-state index contributed by atoms with van der Waals surface area (Å²) in [6, 6.07) is 10.3. The van der Waals surface area contributed by atoms with E-state index in [-0.39, 0.29) is 0 Å². The van der Waals surface area contributed by atoms with Gasteiger partial charge in [0.25, 0.3) is 0 Å². The standard InChI is InChI=1S/C14H18O2S/c1-14(15,8-5-9-16-2)13-10-11-6-3-4-7-12(11)17-13/h3-4,6-7,10,15H,5,8-9H2,1-2H3. The van der Waals surface area contributed by atoms with Crippen molar-refractivity contribution in [3.8, 4) is 0 Å². The third-order valence-corrected chi connectivity index (χ3v) is 4.34. The molecule has 17 heavy (non-hydrogen) atoms. The number of fused-ring (bicyclic) bond motifs is 1. The zero-order valence-electron chi connectivity index (χ0n) is 10.3. The Morgan fingerprint density at radius 3 is 2.82 bits per heavy atom. The highest BCUT2D eigenvalue weighted by atomic mass is 32.1. The van der Waals surface area contributed by atoms with Gasteiger partial charge in [-0.3, -0.25) is 0 Å². The summed E-state index contributed by atoms with van der Waals surface area (Å²) in [7, 11) is 1.69. The van der Waals surface area contributed by atoms with Crippen molar-refractivity contribution in [3.05, 3.63) is 35.2 Å². The van der Waals surface area contributed by atoms with Crippen LogP contribution in [-0.4, -0.2) is 18.8 Å². The van der Waals surface area contributed by atoms with Crippen LogP contribution < -0.4 is 0 Å². The molecule has 0 spiro atoms. The first-order chi connectivity index (χ1) is 8.13. The minimum atomic E-state index is -0.748. The molecule has 0 saturated carbocycles. The predicted octanol–water partition coefficient (Wildman–Crippen LogP) is 3.54. The molecule has 0 saturated heterocycles. The fraction of sp³-hybridized carbons (Fsp3) is 0.429. The van der Waals surface area contributed by atoms with Gasteiger partial charge in [-0.1, -0.05) is 18.2 Å². The van der Waals surface area contributed by atoms with E-state index < -0.39 is 5.60 Å². The number of hydrogen-bond acceptors (Lipinski definition) is 3. The van der Waals surface area contributed by atoms with E-state index in [2.05, 4.69) is 18.2 Å². The van der Waals surface area contributed by atoms with Gasteiger partial charge in [-0.05, 0) is 37.3 Å². The molecule has 3 heteroatoms. The van der Waals surface area contributed by atoms with Gasteiger partial charge in [-0.2, -0.15) is 0 Å². The third-order valence-electron chi connectivity index (χ3n) is 2.97. The lowest BCUT2D eigenvalue weighted by molar-refractivity contribution is 0.0408. The van der Waals surface area contributed by atoms with Crippen molar-refractivity contribution in [2.45, 2.75) is 25.4 Å². The van der Waals surface area contributed by atoms with E-state index in [9.17, 15) is 5.11 Å². The summed E-state index contributed by atoms with van der Waals surface area (Å²) in [4.78, 5) is 1.04. The highest BCUT2D eigenvalue weighted by Crippen LogP contribution is 2.35. The normalized spacial score (nSPS) is 15.0. The first kappa shape index (κ1) is 12.6. The smallest absolute Gasteiger partial charge is 0.0961 e. The van der Waals surface area contributed by atoms with Gasteiger partial charge in [-0.25, -0.2) is 0 Å². The first-order valence-electron chi connectivity index (χ1n) is 5.84. The largest absolute Gasteiger partial charge is 0.385 e. The number of hydrogen-bond donors (Lipinski definition) is 1. The fourth-order valence-electron chi connectivity index (χ4n) is 1.93. The second kappa shape index (κ2) is 5.17. The topological polar surface area (TPSA) is 29.5 Å². The first-order valence-corrected chi connectivity index (χ1v) is 6.65. The second-order valence-corrected chi connectivity index (χ2v) is 5.60. The Bertz CT molecular complexity index is 455. The monoisotopic (exact) mass is 250 g/mol. The van der Waals surface area contributed by atoms with Gasteiger partial charge in [0.05, 0.1) is 5.60 Å². The zero-order chi connectivity index (χ0) is 12.3. The van der Waals surface area contributed by atoms with Crippen LogP contribution in [0, 0.1) is 0 Å². The Kier molecular flexibility index (Phi) is 3.82. The van der Waals surface area contributed by atoms with Crippen molar-refractivity contribution in [1.29, 1.82) is 0 Å². The number of benzene rings is 1. The Hall–Kier alpha value is -0.900. The number of thiophene rings is 1. The molecule has 1 unspecified atom stereocenters. The van der Waals surface area contributed by atoms with E-state index >= 15 is 0 Å². The molecule has 1 heterocycles. The number of rotatable bonds is 5. The molecule has 1 atom stereocenters. The van der Waals surface area contributed by atoms with Crippen LogP contribution in [0.5, 0.6) is 0 Å². The van der Waals surface area contributed by atoms with Gasteiger partial charge >= 0.3 is 0 Å². The molecule has 1 N–H and O–H groups in total. The van der Waals surface area contributed by atoms with Gasteiger partial charge in [-0.15, -0.1) is 11.3 Å². The third kappa shape index (κ3) is 2.86. The molecule has 0 aliphatic heterocycles. The summed E-state index contributed by atoms with van der Waals surface area (Å²) in [5, 5.41) is 11.7. The maximum atomic E-state index is 10.5. The molecule has 0 fully saturated rings. The predicted molar refractivity (Wildman–Crippen MR) is 72.5 cm³/mol. The lowest BCUT2D eigenvalue weighted by Crippen LogP contribution is -2.20. The molecule has 2 nitrogen and oxygen atoms in total. The summed E-state index contributed by atoms with van der Waals surface area (Å²) >= 11 is 1.67. The Morgan fingerprint density at radius 1 is 1.35 bits per heavy atom. The van der Waals surface area contributed by atoms with Crippen LogP contribution in [0.4, 0.5) is 0 Å². The molecule has 0 bridgehead atoms. The Balaban J connectivity index is 2.19. The van der Waals surface area contributed by atoms with E-state index in [1.165, 1.54) is 10.1 Å². The lowest BCUT2D eigenvalue weighted by Gasteiger charge is -2.21. The van der Waals surface area contributed by atoms with Crippen molar-refractivity contribution in [3.63, 3.8) is 0 Å². The van der Waals surface area contributed by atoms with Crippen LogP contribution in [0.3, 0.4) is 0 Å². The van der Waals surface area contributed by atoms with Gasteiger partial charge in [0, 0.05) is 23.3 Å². The fourth-order valence-corrected chi connectivity index (χ4v) is 3.07. The minimum Gasteiger partial charge on any atom is -0.385 e. The molecule has 0 radical (unpaired) electrons. The van der Waals surface area contributed by atoms with Crippen LogP contribution in [0.2, 0.25) is 0 Å².